The van der Waals surface area contributed by atoms with Gasteiger partial charge in [0.1, 0.15) is 23.9 Å². The molecule has 0 radical (unpaired) electrons. The number of nitrogens with zero attached hydrogens (tertiary/aromatic N) is 3. The van der Waals surface area contributed by atoms with Crippen LogP contribution in [0.4, 0.5) is 0 Å². The van der Waals surface area contributed by atoms with Crippen LogP contribution in [0, 0.1) is 31.6 Å². The lowest BCUT2D eigenvalue weighted by molar-refractivity contribution is -0.163. The summed E-state index contributed by atoms with van der Waals surface area (Å²) in [6.07, 6.45) is -0.0562. The van der Waals surface area contributed by atoms with E-state index in [4.69, 9.17) is 9.47 Å². The van der Waals surface area contributed by atoms with Gasteiger partial charge in [0, 0.05) is 45.2 Å². The molecule has 0 spiro atoms. The maximum atomic E-state index is 14.6. The highest BCUT2D eigenvalue weighted by molar-refractivity contribution is 5.94. The highest BCUT2D eigenvalue weighted by Gasteiger charge is 2.40. The fraction of sp³-hybridized carbons (Fsp3) is 0.500. The van der Waals surface area contributed by atoms with Gasteiger partial charge in [-0.15, -0.1) is 0 Å². The number of ether oxygens (including phenoxy) is 2. The van der Waals surface area contributed by atoms with Crippen molar-refractivity contribution in [3.05, 3.63) is 101 Å². The first-order chi connectivity index (χ1) is 26.9. The Morgan fingerprint density at radius 1 is 0.632 bits per heavy atom. The molecule has 0 heterocycles. The molecule has 6 atom stereocenters. The van der Waals surface area contributed by atoms with Gasteiger partial charge in [-0.2, -0.15) is 0 Å². The Balaban J connectivity index is 1.93. The maximum Gasteiger partial charge on any atom is 0.328 e. The number of likely N-dealkylation sites (N-methyl/N-ethyl adjacent to an activating group) is 3. The number of ketones is 1. The summed E-state index contributed by atoms with van der Waals surface area (Å²) in [5, 5.41) is 9.95. The largest absolute Gasteiger partial charge is 0.508 e. The zero-order valence-corrected chi connectivity index (χ0v) is 35.7. The Hall–Kier alpha value is -5.03. The minimum absolute atomic E-state index is 0.0500. The van der Waals surface area contributed by atoms with Gasteiger partial charge >= 0.3 is 11.9 Å². The van der Waals surface area contributed by atoms with E-state index in [0.717, 1.165) is 22.3 Å². The van der Waals surface area contributed by atoms with E-state index in [1.165, 1.54) is 43.1 Å². The van der Waals surface area contributed by atoms with Crippen LogP contribution in [0.25, 0.3) is 0 Å². The number of esters is 2. The first-order valence-electron chi connectivity index (χ1n) is 19.8. The van der Waals surface area contributed by atoms with Crippen LogP contribution in [0.3, 0.4) is 0 Å². The summed E-state index contributed by atoms with van der Waals surface area (Å²) in [4.78, 5) is 74.7. The third kappa shape index (κ3) is 13.0. The zero-order chi connectivity index (χ0) is 42.6. The lowest BCUT2D eigenvalue weighted by Gasteiger charge is -2.36. The predicted molar refractivity (Wildman–Crippen MR) is 221 cm³/mol. The van der Waals surface area contributed by atoms with Crippen molar-refractivity contribution in [2.75, 3.05) is 35.3 Å². The molecule has 0 unspecified atom stereocenters. The summed E-state index contributed by atoms with van der Waals surface area (Å²) in [6, 6.07) is 19.2. The van der Waals surface area contributed by atoms with Crippen LogP contribution in [-0.4, -0.2) is 109 Å². The predicted octanol–water partition coefficient (Wildman–Crippen LogP) is 5.98. The van der Waals surface area contributed by atoms with Crippen LogP contribution in [0.1, 0.15) is 68.4 Å². The van der Waals surface area contributed by atoms with E-state index in [0.29, 0.717) is 18.4 Å². The average Bonchev–Trinajstić information content (AvgIpc) is 3.19. The first-order valence-corrected chi connectivity index (χ1v) is 19.8. The number of phenols is 1. The standard InChI is InChI=1S/C46H63N3O8/c1-12-32(6)42(57-46(55)39(47(7)8)26-33-17-13-30(4)14-18-33)41(51)28-37(29(2)3)43(52)48(9)38(25-35-21-23-36(50)24-22-35)44(53)49(10)40(45(54)56-11)27-34-19-15-31(5)16-20-34/h13-24,29,32,37-40,42,50H,12,25-28H2,1-11H3/t32-,37+,38+,39-,40-,42-/m1/s1. The van der Waals surface area contributed by atoms with Crippen LogP contribution in [0.2, 0.25) is 0 Å². The van der Waals surface area contributed by atoms with Crippen LogP contribution >= 0.6 is 0 Å². The van der Waals surface area contributed by atoms with Crippen molar-refractivity contribution >= 4 is 29.5 Å². The number of rotatable bonds is 20. The lowest BCUT2D eigenvalue weighted by atomic mass is 9.85. The van der Waals surface area contributed by atoms with E-state index in [-0.39, 0.29) is 42.6 Å². The Kier molecular flexibility index (Phi) is 17.5. The molecule has 3 aromatic rings. The van der Waals surface area contributed by atoms with Crippen LogP contribution in [0.15, 0.2) is 72.8 Å². The smallest absolute Gasteiger partial charge is 0.328 e. The van der Waals surface area contributed by atoms with Gasteiger partial charge in [0.05, 0.1) is 7.11 Å². The molecule has 0 saturated carbocycles. The third-order valence-corrected chi connectivity index (χ3v) is 11.0. The highest BCUT2D eigenvalue weighted by Crippen LogP contribution is 2.26. The normalized spacial score (nSPS) is 14.5. The zero-order valence-electron chi connectivity index (χ0n) is 35.7. The van der Waals surface area contributed by atoms with E-state index in [1.807, 2.05) is 90.1 Å². The molecule has 2 amide bonds. The fourth-order valence-electron chi connectivity index (χ4n) is 6.79. The second kappa shape index (κ2) is 21.5. The van der Waals surface area contributed by atoms with E-state index in [1.54, 1.807) is 31.1 Å². The lowest BCUT2D eigenvalue weighted by Crippen LogP contribution is -2.55. The topological polar surface area (TPSA) is 134 Å². The molecule has 1 N–H and O–H groups in total. The first kappa shape index (κ1) is 46.4. The molecular formula is C46H63N3O8. The summed E-state index contributed by atoms with van der Waals surface area (Å²) in [5.41, 5.74) is 4.63. The Bertz CT molecular complexity index is 1790. The van der Waals surface area contributed by atoms with Gasteiger partial charge in [0.2, 0.25) is 11.8 Å². The number of aromatic hydroxyl groups is 1. The molecule has 11 nitrogen and oxygen atoms in total. The molecule has 11 heteroatoms. The molecule has 310 valence electrons. The van der Waals surface area contributed by atoms with Gasteiger partial charge in [0.25, 0.3) is 0 Å². The molecule has 0 fully saturated rings. The highest BCUT2D eigenvalue weighted by atomic mass is 16.5. The van der Waals surface area contributed by atoms with Gasteiger partial charge in [0.15, 0.2) is 11.9 Å². The van der Waals surface area contributed by atoms with Crippen molar-refractivity contribution in [2.24, 2.45) is 17.8 Å². The van der Waals surface area contributed by atoms with Gasteiger partial charge in [-0.1, -0.05) is 99.5 Å². The Labute approximate surface area is 339 Å². The average molecular weight is 786 g/mol. The van der Waals surface area contributed by atoms with Gasteiger partial charge < -0.3 is 24.4 Å². The summed E-state index contributed by atoms with van der Waals surface area (Å²) in [7, 11) is 7.92. The second-order valence-electron chi connectivity index (χ2n) is 15.9. The molecule has 3 rings (SSSR count). The summed E-state index contributed by atoms with van der Waals surface area (Å²) in [5.74, 6) is -3.85. The summed E-state index contributed by atoms with van der Waals surface area (Å²) >= 11 is 0. The number of hydrogen-bond donors (Lipinski definition) is 1. The number of Topliss-reactive ketones (excluding diaryl/α,β-unsaturated/α-hetero) is 1. The van der Waals surface area contributed by atoms with Gasteiger partial charge in [-0.25, -0.2) is 4.79 Å². The van der Waals surface area contributed by atoms with Crippen molar-refractivity contribution < 1.29 is 38.6 Å². The molecule has 3 aromatic carbocycles. The quantitative estimate of drug-likeness (QED) is 0.137. The summed E-state index contributed by atoms with van der Waals surface area (Å²) in [6.45, 7) is 11.4. The number of methoxy groups -OCH3 is 1. The van der Waals surface area contributed by atoms with E-state index in [2.05, 4.69) is 0 Å². The summed E-state index contributed by atoms with van der Waals surface area (Å²) < 4.78 is 11.2. The van der Waals surface area contributed by atoms with Crippen molar-refractivity contribution in [3.8, 4) is 5.75 Å². The number of amides is 2. The minimum Gasteiger partial charge on any atom is -0.508 e. The maximum absolute atomic E-state index is 14.6. The number of phenolic OH excluding ortho intramolecular Hbond substituents is 1. The van der Waals surface area contributed by atoms with Crippen molar-refractivity contribution in [1.29, 1.82) is 0 Å². The molecule has 0 aliphatic rings. The minimum atomic E-state index is -1.08. The second-order valence-corrected chi connectivity index (χ2v) is 15.9. The van der Waals surface area contributed by atoms with E-state index < -0.39 is 53.9 Å². The van der Waals surface area contributed by atoms with E-state index in [9.17, 15) is 29.1 Å². The molecule has 0 aliphatic carbocycles. The Morgan fingerprint density at radius 2 is 1.07 bits per heavy atom. The van der Waals surface area contributed by atoms with Crippen LogP contribution < -0.4 is 0 Å². The van der Waals surface area contributed by atoms with Gasteiger partial charge in [-0.05, 0) is 75.5 Å². The SMILES string of the molecule is CC[C@@H](C)[C@@H](OC(=O)[C@@H](Cc1ccc(C)cc1)N(C)C)C(=O)C[C@H](C(=O)N(C)[C@@H](Cc1ccc(O)cc1)C(=O)N(C)[C@H](Cc1ccc(C)cc1)C(=O)OC)C(C)C. The molecule has 0 aromatic heterocycles. The van der Waals surface area contributed by atoms with Crippen molar-refractivity contribution in [2.45, 2.75) is 97.9 Å². The van der Waals surface area contributed by atoms with Crippen LogP contribution in [-0.2, 0) is 52.7 Å². The molecule has 0 saturated heterocycles. The van der Waals surface area contributed by atoms with E-state index >= 15 is 0 Å². The molecule has 0 aliphatic heterocycles. The van der Waals surface area contributed by atoms with Crippen molar-refractivity contribution in [1.82, 2.24) is 14.7 Å². The number of carbonyl (C=O) groups excluding carboxylic acids is 5. The number of aryl methyl sites for hydroxylation is 2. The molecule has 57 heavy (non-hydrogen) atoms. The monoisotopic (exact) mass is 785 g/mol. The number of benzene rings is 3. The van der Waals surface area contributed by atoms with Crippen LogP contribution in [0.5, 0.6) is 5.75 Å². The van der Waals surface area contributed by atoms with Gasteiger partial charge in [-0.3, -0.25) is 24.1 Å². The van der Waals surface area contributed by atoms with Crippen molar-refractivity contribution in [3.63, 3.8) is 0 Å². The number of carbonyl (C=O) groups is 5. The molecule has 0 bridgehead atoms. The fourth-order valence-corrected chi connectivity index (χ4v) is 6.79. The Morgan fingerprint density at radius 3 is 1.51 bits per heavy atom. The number of hydrogen-bond acceptors (Lipinski definition) is 9. The molecular weight excluding hydrogens is 723 g/mol. The third-order valence-electron chi connectivity index (χ3n) is 11.0.